The van der Waals surface area contributed by atoms with E-state index in [2.05, 4.69) is 5.10 Å². The van der Waals surface area contributed by atoms with Crippen LogP contribution in [0.3, 0.4) is 0 Å². The van der Waals surface area contributed by atoms with Crippen molar-refractivity contribution < 1.29 is 19.4 Å². The van der Waals surface area contributed by atoms with E-state index < -0.39 is 18.0 Å². The lowest BCUT2D eigenvalue weighted by molar-refractivity contribution is -0.138. The first-order valence-corrected chi connectivity index (χ1v) is 6.78. The monoisotopic (exact) mass is 290 g/mol. The van der Waals surface area contributed by atoms with Crippen LogP contribution in [0.2, 0.25) is 0 Å². The lowest BCUT2D eigenvalue weighted by atomic mass is 10.1. The van der Waals surface area contributed by atoms with Gasteiger partial charge >= 0.3 is 11.9 Å². The molecule has 0 spiro atoms. The topological polar surface area (TPSA) is 79.2 Å². The van der Waals surface area contributed by atoms with Crippen LogP contribution in [-0.4, -0.2) is 35.4 Å². The van der Waals surface area contributed by atoms with E-state index in [9.17, 15) is 14.7 Å². The number of esters is 1. The van der Waals surface area contributed by atoms with Gasteiger partial charge in [0.05, 0.1) is 12.3 Å². The number of ether oxygens (including phenoxy) is 1. The van der Waals surface area contributed by atoms with Gasteiger partial charge in [0.15, 0.2) is 6.04 Å². The highest BCUT2D eigenvalue weighted by molar-refractivity contribution is 6.38. The number of hydrogen-bond donors (Lipinski definition) is 1. The first kappa shape index (κ1) is 15.0. The molecule has 0 bridgehead atoms. The van der Waals surface area contributed by atoms with Crippen LogP contribution in [0.5, 0.6) is 0 Å². The molecule has 0 amide bonds. The number of carbonyl (C=O) groups is 2. The fourth-order valence-electron chi connectivity index (χ4n) is 2.15. The van der Waals surface area contributed by atoms with Gasteiger partial charge in [0, 0.05) is 6.42 Å². The summed E-state index contributed by atoms with van der Waals surface area (Å²) in [6.07, 6.45) is 0.0427. The fourth-order valence-corrected chi connectivity index (χ4v) is 2.15. The number of hydrazone groups is 1. The second-order valence-electron chi connectivity index (χ2n) is 4.94. The summed E-state index contributed by atoms with van der Waals surface area (Å²) in [5.74, 6) is -1.58. The van der Waals surface area contributed by atoms with Gasteiger partial charge in [-0.05, 0) is 44.0 Å². The number of carboxylic acids is 1. The smallest absolute Gasteiger partial charge is 0.354 e. The third-order valence-corrected chi connectivity index (χ3v) is 3.46. The Morgan fingerprint density at radius 1 is 1.38 bits per heavy atom. The largest absolute Gasteiger partial charge is 0.480 e. The molecule has 0 aromatic heterocycles. The molecule has 1 atom stereocenters. The molecule has 2 rings (SSSR count). The van der Waals surface area contributed by atoms with Gasteiger partial charge in [-0.2, -0.15) is 5.10 Å². The highest BCUT2D eigenvalue weighted by Gasteiger charge is 2.36. The summed E-state index contributed by atoms with van der Waals surface area (Å²) in [5.41, 5.74) is 2.95. The number of benzene rings is 1. The Kier molecular flexibility index (Phi) is 4.26. The van der Waals surface area contributed by atoms with Crippen molar-refractivity contribution in [2.24, 2.45) is 5.10 Å². The minimum atomic E-state index is -1.02. The van der Waals surface area contributed by atoms with Crippen molar-refractivity contribution in [3.63, 3.8) is 0 Å². The predicted octanol–water partition coefficient (Wildman–Crippen LogP) is 1.89. The maximum Gasteiger partial charge on any atom is 0.354 e. The van der Waals surface area contributed by atoms with Crippen LogP contribution >= 0.6 is 0 Å². The van der Waals surface area contributed by atoms with E-state index in [1.54, 1.807) is 13.0 Å². The van der Waals surface area contributed by atoms with E-state index in [-0.39, 0.29) is 18.7 Å². The quantitative estimate of drug-likeness (QED) is 0.857. The lowest BCUT2D eigenvalue weighted by Crippen LogP contribution is -2.34. The first-order valence-electron chi connectivity index (χ1n) is 6.78. The molecule has 112 valence electrons. The molecular formula is C15H18N2O4. The second kappa shape index (κ2) is 5.95. The van der Waals surface area contributed by atoms with Crippen molar-refractivity contribution in [3.05, 3.63) is 29.3 Å². The van der Waals surface area contributed by atoms with E-state index in [4.69, 9.17) is 4.74 Å². The Balaban J connectivity index is 2.35. The summed E-state index contributed by atoms with van der Waals surface area (Å²) < 4.78 is 4.89. The van der Waals surface area contributed by atoms with Gasteiger partial charge in [-0.1, -0.05) is 6.07 Å². The molecule has 0 fully saturated rings. The van der Waals surface area contributed by atoms with Crippen molar-refractivity contribution in [1.82, 2.24) is 0 Å². The summed E-state index contributed by atoms with van der Waals surface area (Å²) in [6, 6.07) is 4.69. The molecule has 1 aromatic rings. The van der Waals surface area contributed by atoms with Crippen molar-refractivity contribution in [2.45, 2.75) is 33.2 Å². The van der Waals surface area contributed by atoms with Gasteiger partial charge in [0.1, 0.15) is 5.71 Å². The zero-order valence-electron chi connectivity index (χ0n) is 12.3. The minimum absolute atomic E-state index is 0.0427. The Bertz CT molecular complexity index is 610. The van der Waals surface area contributed by atoms with Crippen molar-refractivity contribution in [1.29, 1.82) is 0 Å². The predicted molar refractivity (Wildman–Crippen MR) is 78.5 cm³/mol. The van der Waals surface area contributed by atoms with Gasteiger partial charge in [-0.3, -0.25) is 5.01 Å². The fraction of sp³-hybridized carbons (Fsp3) is 0.400. The number of carboxylic acid groups (broad SMARTS) is 1. The summed E-state index contributed by atoms with van der Waals surface area (Å²) in [4.78, 5) is 23.1. The van der Waals surface area contributed by atoms with E-state index >= 15 is 0 Å². The maximum absolute atomic E-state index is 11.7. The van der Waals surface area contributed by atoms with E-state index in [1.165, 1.54) is 5.01 Å². The third-order valence-electron chi connectivity index (χ3n) is 3.46. The molecule has 1 aliphatic rings. The molecule has 1 aromatic carbocycles. The lowest BCUT2D eigenvalue weighted by Gasteiger charge is -2.20. The molecule has 21 heavy (non-hydrogen) atoms. The summed E-state index contributed by atoms with van der Waals surface area (Å²) >= 11 is 0. The van der Waals surface area contributed by atoms with Gasteiger partial charge in [-0.15, -0.1) is 0 Å². The van der Waals surface area contributed by atoms with Gasteiger partial charge in [0.25, 0.3) is 0 Å². The zero-order valence-corrected chi connectivity index (χ0v) is 12.3. The number of rotatable bonds is 4. The highest BCUT2D eigenvalue weighted by atomic mass is 16.5. The van der Waals surface area contributed by atoms with Crippen LogP contribution in [0.1, 0.15) is 24.5 Å². The summed E-state index contributed by atoms with van der Waals surface area (Å²) in [5, 5.41) is 14.9. The van der Waals surface area contributed by atoms with E-state index in [0.29, 0.717) is 5.69 Å². The zero-order chi connectivity index (χ0) is 15.6. The maximum atomic E-state index is 11.7. The standard InChI is InChI=1S/C15H18N2O4/c1-4-21-15(20)12-8-13(14(18)19)17(16-12)11-6-5-9(2)10(3)7-11/h5-7,13H,4,8H2,1-3H3,(H,18,19). The second-order valence-corrected chi connectivity index (χ2v) is 4.94. The number of nitrogens with zero attached hydrogens (tertiary/aromatic N) is 2. The number of aryl methyl sites for hydroxylation is 2. The molecular weight excluding hydrogens is 272 g/mol. The van der Waals surface area contributed by atoms with Gasteiger partial charge in [-0.25, -0.2) is 9.59 Å². The van der Waals surface area contributed by atoms with E-state index in [0.717, 1.165) is 11.1 Å². The van der Waals surface area contributed by atoms with Gasteiger partial charge in [0.2, 0.25) is 0 Å². The minimum Gasteiger partial charge on any atom is -0.480 e. The van der Waals surface area contributed by atoms with E-state index in [1.807, 2.05) is 26.0 Å². The summed E-state index contributed by atoms with van der Waals surface area (Å²) in [6.45, 7) is 5.86. The van der Waals surface area contributed by atoms with Crippen LogP contribution < -0.4 is 5.01 Å². The molecule has 6 heteroatoms. The SMILES string of the molecule is CCOC(=O)C1=NN(c2ccc(C)c(C)c2)C(C(=O)O)C1. The normalized spacial score (nSPS) is 17.6. The van der Waals surface area contributed by atoms with Crippen molar-refractivity contribution in [3.8, 4) is 0 Å². The number of carbonyl (C=O) groups excluding carboxylic acids is 1. The average Bonchev–Trinajstić information content (AvgIpc) is 2.87. The van der Waals surface area contributed by atoms with Crippen LogP contribution in [0, 0.1) is 13.8 Å². The number of anilines is 1. The highest BCUT2D eigenvalue weighted by Crippen LogP contribution is 2.27. The Morgan fingerprint density at radius 2 is 2.10 bits per heavy atom. The number of aliphatic carboxylic acids is 1. The van der Waals surface area contributed by atoms with Crippen molar-refractivity contribution >= 4 is 23.3 Å². The van der Waals surface area contributed by atoms with Crippen LogP contribution in [0.25, 0.3) is 0 Å². The molecule has 0 saturated carbocycles. The molecule has 1 N–H and O–H groups in total. The molecule has 0 radical (unpaired) electrons. The molecule has 6 nitrogen and oxygen atoms in total. The van der Waals surface area contributed by atoms with Crippen molar-refractivity contribution in [2.75, 3.05) is 11.6 Å². The molecule has 1 heterocycles. The van der Waals surface area contributed by atoms with Crippen LogP contribution in [-0.2, 0) is 14.3 Å². The Morgan fingerprint density at radius 3 is 2.67 bits per heavy atom. The average molecular weight is 290 g/mol. The molecule has 0 saturated heterocycles. The van der Waals surface area contributed by atoms with Crippen LogP contribution in [0.4, 0.5) is 5.69 Å². The molecule has 1 unspecified atom stereocenters. The van der Waals surface area contributed by atoms with Gasteiger partial charge < -0.3 is 9.84 Å². The Labute approximate surface area is 123 Å². The molecule has 0 aliphatic carbocycles. The third kappa shape index (κ3) is 3.04. The summed E-state index contributed by atoms with van der Waals surface area (Å²) in [7, 11) is 0. The molecule has 1 aliphatic heterocycles. The van der Waals surface area contributed by atoms with Crippen LogP contribution in [0.15, 0.2) is 23.3 Å². The Hall–Kier alpha value is -2.37. The first-order chi connectivity index (χ1) is 9.93. The number of hydrogen-bond acceptors (Lipinski definition) is 5.